The summed E-state index contributed by atoms with van der Waals surface area (Å²) in [5.41, 5.74) is 4.25. The smallest absolute Gasteiger partial charge is 0.321 e. The third kappa shape index (κ3) is 1.49. The fourth-order valence-electron chi connectivity index (χ4n) is 2.30. The van der Waals surface area contributed by atoms with Crippen molar-refractivity contribution in [3.63, 3.8) is 0 Å². The van der Waals surface area contributed by atoms with E-state index in [2.05, 4.69) is 4.74 Å². The molecule has 4 heteroatoms. The van der Waals surface area contributed by atoms with Gasteiger partial charge in [-0.25, -0.2) is 0 Å². The van der Waals surface area contributed by atoms with Gasteiger partial charge in [0.05, 0.1) is 7.11 Å². The lowest BCUT2D eigenvalue weighted by molar-refractivity contribution is -0.164. The van der Waals surface area contributed by atoms with Crippen molar-refractivity contribution in [1.29, 1.82) is 0 Å². The van der Waals surface area contributed by atoms with Crippen LogP contribution in [0.25, 0.3) is 0 Å². The van der Waals surface area contributed by atoms with E-state index in [0.29, 0.717) is 6.42 Å². The monoisotopic (exact) mass is 199 g/mol. The largest absolute Gasteiger partial charge is 0.468 e. The fourth-order valence-corrected chi connectivity index (χ4v) is 2.30. The molecule has 0 aromatic rings. The van der Waals surface area contributed by atoms with E-state index < -0.39 is 17.3 Å². The molecule has 0 aliphatic heterocycles. The molecule has 1 fully saturated rings. The van der Waals surface area contributed by atoms with Crippen LogP contribution in [0.4, 0.5) is 0 Å². The average Bonchev–Trinajstić information content (AvgIpc) is 2.17. The van der Waals surface area contributed by atoms with Gasteiger partial charge in [-0.15, -0.1) is 0 Å². The summed E-state index contributed by atoms with van der Waals surface area (Å²) in [5, 5.41) is 0. The van der Waals surface area contributed by atoms with Gasteiger partial charge < -0.3 is 10.5 Å². The Bertz CT molecular complexity index is 252. The third-order valence-electron chi connectivity index (χ3n) is 3.29. The van der Waals surface area contributed by atoms with Crippen LogP contribution in [0, 0.1) is 11.3 Å². The second-order valence-electron chi connectivity index (χ2n) is 3.97. The number of ether oxygens (including phenoxy) is 1. The molecular weight excluding hydrogens is 182 g/mol. The van der Waals surface area contributed by atoms with Gasteiger partial charge in [0, 0.05) is 0 Å². The predicted molar refractivity (Wildman–Crippen MR) is 51.3 cm³/mol. The molecule has 1 amide bonds. The van der Waals surface area contributed by atoms with Crippen molar-refractivity contribution < 1.29 is 14.3 Å². The molecule has 0 aromatic heterocycles. The Morgan fingerprint density at radius 3 is 2.50 bits per heavy atom. The van der Waals surface area contributed by atoms with Crippen LogP contribution < -0.4 is 5.73 Å². The summed E-state index contributed by atoms with van der Waals surface area (Å²) >= 11 is 0. The second-order valence-corrected chi connectivity index (χ2v) is 3.97. The summed E-state index contributed by atoms with van der Waals surface area (Å²) in [7, 11) is 1.30. The van der Waals surface area contributed by atoms with Crippen LogP contribution in [0.3, 0.4) is 0 Å². The standard InChI is InChI=1S/C10H17NO3/c1-7-5-3-4-6-10(7,8(11)12)9(13)14-2/h7H,3-6H2,1-2H3,(H2,11,12)/t7-,10-/m1/s1. The van der Waals surface area contributed by atoms with Crippen LogP contribution in [0.2, 0.25) is 0 Å². The van der Waals surface area contributed by atoms with Crippen molar-refractivity contribution in [2.75, 3.05) is 7.11 Å². The van der Waals surface area contributed by atoms with Crippen LogP contribution in [0.15, 0.2) is 0 Å². The maximum absolute atomic E-state index is 11.6. The van der Waals surface area contributed by atoms with Crippen LogP contribution in [0.1, 0.15) is 32.6 Å². The summed E-state index contributed by atoms with van der Waals surface area (Å²) in [6.07, 6.45) is 3.30. The molecule has 0 radical (unpaired) electrons. The number of primary amides is 1. The van der Waals surface area contributed by atoms with Crippen molar-refractivity contribution >= 4 is 11.9 Å². The van der Waals surface area contributed by atoms with Crippen molar-refractivity contribution in [3.05, 3.63) is 0 Å². The summed E-state index contributed by atoms with van der Waals surface area (Å²) in [4.78, 5) is 23.0. The Morgan fingerprint density at radius 2 is 2.07 bits per heavy atom. The van der Waals surface area contributed by atoms with E-state index >= 15 is 0 Å². The van der Waals surface area contributed by atoms with Crippen LogP contribution in [0.5, 0.6) is 0 Å². The summed E-state index contributed by atoms with van der Waals surface area (Å²) in [6, 6.07) is 0. The predicted octanol–water partition coefficient (Wildman–Crippen LogP) is 0.841. The summed E-state index contributed by atoms with van der Waals surface area (Å²) < 4.78 is 4.69. The average molecular weight is 199 g/mol. The molecule has 14 heavy (non-hydrogen) atoms. The van der Waals surface area contributed by atoms with Crippen molar-refractivity contribution in [3.8, 4) is 0 Å². The van der Waals surface area contributed by atoms with Gasteiger partial charge in [-0.1, -0.05) is 19.8 Å². The first-order valence-electron chi connectivity index (χ1n) is 4.94. The zero-order valence-electron chi connectivity index (χ0n) is 8.71. The molecule has 1 aliphatic carbocycles. The molecule has 0 heterocycles. The van der Waals surface area contributed by atoms with E-state index in [9.17, 15) is 9.59 Å². The lowest BCUT2D eigenvalue weighted by Gasteiger charge is -2.37. The molecular formula is C10H17NO3. The number of methoxy groups -OCH3 is 1. The lowest BCUT2D eigenvalue weighted by Crippen LogP contribution is -2.50. The molecule has 1 saturated carbocycles. The first-order chi connectivity index (χ1) is 6.55. The van der Waals surface area contributed by atoms with Gasteiger partial charge in [0.2, 0.25) is 5.91 Å². The molecule has 0 aromatic carbocycles. The number of rotatable bonds is 2. The Labute approximate surface area is 83.8 Å². The second kappa shape index (κ2) is 3.98. The van der Waals surface area contributed by atoms with Crippen molar-refractivity contribution in [2.24, 2.45) is 17.1 Å². The molecule has 1 rings (SSSR count). The topological polar surface area (TPSA) is 69.4 Å². The fraction of sp³-hybridized carbons (Fsp3) is 0.800. The Hall–Kier alpha value is -1.06. The van der Waals surface area contributed by atoms with Gasteiger partial charge in [-0.3, -0.25) is 9.59 Å². The number of hydrogen-bond acceptors (Lipinski definition) is 3. The SMILES string of the molecule is COC(=O)[C@]1(C(N)=O)CCCC[C@H]1C. The normalized spacial score (nSPS) is 32.3. The highest BCUT2D eigenvalue weighted by atomic mass is 16.5. The Morgan fingerprint density at radius 1 is 1.43 bits per heavy atom. The van der Waals surface area contributed by atoms with Gasteiger partial charge in [-0.2, -0.15) is 0 Å². The van der Waals surface area contributed by atoms with Crippen LogP contribution in [-0.4, -0.2) is 19.0 Å². The van der Waals surface area contributed by atoms with Gasteiger partial charge in [0.25, 0.3) is 0 Å². The summed E-state index contributed by atoms with van der Waals surface area (Å²) in [5.74, 6) is -1.03. The van der Waals surface area contributed by atoms with Gasteiger partial charge in [0.15, 0.2) is 0 Å². The number of nitrogens with two attached hydrogens (primary N) is 1. The molecule has 0 spiro atoms. The molecule has 2 atom stereocenters. The molecule has 4 nitrogen and oxygen atoms in total. The Kier molecular flexibility index (Phi) is 3.13. The number of esters is 1. The first-order valence-corrected chi connectivity index (χ1v) is 4.94. The lowest BCUT2D eigenvalue weighted by atomic mass is 9.66. The molecule has 0 unspecified atom stereocenters. The summed E-state index contributed by atoms with van der Waals surface area (Å²) in [6.45, 7) is 1.89. The number of carbonyl (C=O) groups is 2. The van der Waals surface area contributed by atoms with E-state index in [-0.39, 0.29) is 5.92 Å². The molecule has 0 saturated heterocycles. The van der Waals surface area contributed by atoms with Crippen LogP contribution >= 0.6 is 0 Å². The van der Waals surface area contributed by atoms with E-state index in [1.165, 1.54) is 7.11 Å². The van der Waals surface area contributed by atoms with Crippen LogP contribution in [-0.2, 0) is 14.3 Å². The number of carbonyl (C=O) groups excluding carboxylic acids is 2. The zero-order chi connectivity index (χ0) is 10.8. The number of amides is 1. The highest BCUT2D eigenvalue weighted by Gasteiger charge is 2.50. The minimum Gasteiger partial charge on any atom is -0.468 e. The van der Waals surface area contributed by atoms with E-state index in [0.717, 1.165) is 19.3 Å². The van der Waals surface area contributed by atoms with Gasteiger partial charge in [-0.05, 0) is 18.8 Å². The molecule has 0 bridgehead atoms. The minimum atomic E-state index is -1.08. The maximum Gasteiger partial charge on any atom is 0.321 e. The molecule has 2 N–H and O–H groups in total. The maximum atomic E-state index is 11.6. The van der Waals surface area contributed by atoms with Crippen molar-refractivity contribution in [2.45, 2.75) is 32.6 Å². The molecule has 80 valence electrons. The van der Waals surface area contributed by atoms with E-state index in [1.54, 1.807) is 0 Å². The number of hydrogen-bond donors (Lipinski definition) is 1. The Balaban J connectivity index is 3.01. The van der Waals surface area contributed by atoms with Gasteiger partial charge >= 0.3 is 5.97 Å². The molecule has 1 aliphatic rings. The highest BCUT2D eigenvalue weighted by Crippen LogP contribution is 2.41. The quantitative estimate of drug-likeness (QED) is 0.529. The third-order valence-corrected chi connectivity index (χ3v) is 3.29. The minimum absolute atomic E-state index is 0.0128. The van der Waals surface area contributed by atoms with E-state index in [1.807, 2.05) is 6.92 Å². The van der Waals surface area contributed by atoms with Gasteiger partial charge in [0.1, 0.15) is 5.41 Å². The highest BCUT2D eigenvalue weighted by molar-refractivity contribution is 6.02. The van der Waals surface area contributed by atoms with Crippen molar-refractivity contribution in [1.82, 2.24) is 0 Å². The van der Waals surface area contributed by atoms with E-state index in [4.69, 9.17) is 5.73 Å². The zero-order valence-corrected chi connectivity index (χ0v) is 8.71. The first kappa shape index (κ1) is 11.0.